The zero-order chi connectivity index (χ0) is 20.8. The predicted molar refractivity (Wildman–Crippen MR) is 111 cm³/mol. The molecule has 8 heteroatoms. The number of ether oxygens (including phenoxy) is 2. The SMILES string of the molecule is CCOc1ccc(OCC)c(/C(C)=N\NC(=O)c2n[nH]c(=O)c3ccccc23)c1. The lowest BCUT2D eigenvalue weighted by molar-refractivity contribution is 0.0950. The molecule has 0 aliphatic rings. The second kappa shape index (κ2) is 9.01. The maximum atomic E-state index is 12.6. The van der Waals surface area contributed by atoms with Crippen molar-refractivity contribution < 1.29 is 14.3 Å². The van der Waals surface area contributed by atoms with Crippen LogP contribution in [0.4, 0.5) is 0 Å². The topological polar surface area (TPSA) is 106 Å². The third kappa shape index (κ3) is 4.43. The molecule has 150 valence electrons. The van der Waals surface area contributed by atoms with E-state index in [9.17, 15) is 9.59 Å². The lowest BCUT2D eigenvalue weighted by Gasteiger charge is -2.12. The van der Waals surface area contributed by atoms with E-state index in [1.807, 2.05) is 32.0 Å². The molecule has 0 bridgehead atoms. The molecule has 0 saturated heterocycles. The summed E-state index contributed by atoms with van der Waals surface area (Å²) >= 11 is 0. The standard InChI is InChI=1S/C21H22N4O4/c1-4-28-14-10-11-18(29-5-2)17(12-14)13(3)22-25-21(27)19-15-8-6-7-9-16(15)20(26)24-23-19/h6-12H,4-5H2,1-3H3,(H,24,26)(H,25,27)/b22-13-. The van der Waals surface area contributed by atoms with Crippen molar-refractivity contribution in [2.45, 2.75) is 20.8 Å². The number of carbonyl (C=O) groups excluding carboxylic acids is 1. The van der Waals surface area contributed by atoms with Gasteiger partial charge in [-0.25, -0.2) is 10.5 Å². The summed E-state index contributed by atoms with van der Waals surface area (Å²) in [6.07, 6.45) is 0. The Morgan fingerprint density at radius 2 is 1.83 bits per heavy atom. The van der Waals surface area contributed by atoms with Gasteiger partial charge in [-0.15, -0.1) is 0 Å². The highest BCUT2D eigenvalue weighted by molar-refractivity contribution is 6.06. The summed E-state index contributed by atoms with van der Waals surface area (Å²) < 4.78 is 11.2. The number of carbonyl (C=O) groups is 1. The molecule has 0 fully saturated rings. The first kappa shape index (κ1) is 20.1. The van der Waals surface area contributed by atoms with Gasteiger partial charge in [0.05, 0.1) is 24.3 Å². The molecule has 0 atom stereocenters. The Morgan fingerprint density at radius 3 is 2.55 bits per heavy atom. The summed E-state index contributed by atoms with van der Waals surface area (Å²) in [5, 5.41) is 11.3. The highest BCUT2D eigenvalue weighted by atomic mass is 16.5. The lowest BCUT2D eigenvalue weighted by atomic mass is 10.1. The van der Waals surface area contributed by atoms with Crippen LogP contribution in [0.3, 0.4) is 0 Å². The highest BCUT2D eigenvalue weighted by Gasteiger charge is 2.14. The molecule has 29 heavy (non-hydrogen) atoms. The van der Waals surface area contributed by atoms with E-state index in [4.69, 9.17) is 9.47 Å². The van der Waals surface area contributed by atoms with Crippen LogP contribution in [0.25, 0.3) is 10.8 Å². The predicted octanol–water partition coefficient (Wildman–Crippen LogP) is 2.87. The van der Waals surface area contributed by atoms with E-state index in [-0.39, 0.29) is 11.3 Å². The largest absolute Gasteiger partial charge is 0.494 e. The van der Waals surface area contributed by atoms with Gasteiger partial charge in [0.2, 0.25) is 0 Å². The second-order valence-corrected chi connectivity index (χ2v) is 6.11. The van der Waals surface area contributed by atoms with Crippen molar-refractivity contribution in [2.75, 3.05) is 13.2 Å². The summed E-state index contributed by atoms with van der Waals surface area (Å²) in [6.45, 7) is 6.58. The van der Waals surface area contributed by atoms with Crippen LogP contribution < -0.4 is 20.5 Å². The molecule has 0 radical (unpaired) electrons. The number of amides is 1. The third-order valence-corrected chi connectivity index (χ3v) is 4.19. The van der Waals surface area contributed by atoms with Gasteiger partial charge in [-0.3, -0.25) is 9.59 Å². The van der Waals surface area contributed by atoms with Crippen LogP contribution in [0.5, 0.6) is 11.5 Å². The van der Waals surface area contributed by atoms with Gasteiger partial charge in [-0.1, -0.05) is 18.2 Å². The number of nitrogens with zero attached hydrogens (tertiary/aromatic N) is 2. The highest BCUT2D eigenvalue weighted by Crippen LogP contribution is 2.25. The van der Waals surface area contributed by atoms with Gasteiger partial charge in [-0.2, -0.15) is 10.2 Å². The van der Waals surface area contributed by atoms with E-state index in [2.05, 4.69) is 20.7 Å². The van der Waals surface area contributed by atoms with E-state index in [1.165, 1.54) is 0 Å². The first-order valence-corrected chi connectivity index (χ1v) is 9.27. The Labute approximate surface area is 167 Å². The molecular weight excluding hydrogens is 372 g/mol. The first-order valence-electron chi connectivity index (χ1n) is 9.27. The molecule has 0 spiro atoms. The Hall–Kier alpha value is -3.68. The van der Waals surface area contributed by atoms with Crippen LogP contribution >= 0.6 is 0 Å². The quantitative estimate of drug-likeness (QED) is 0.473. The maximum Gasteiger partial charge on any atom is 0.292 e. The number of hydrogen-bond donors (Lipinski definition) is 2. The van der Waals surface area contributed by atoms with Crippen LogP contribution in [-0.4, -0.2) is 35.0 Å². The normalized spacial score (nSPS) is 11.3. The van der Waals surface area contributed by atoms with Crippen LogP contribution in [0, 0.1) is 0 Å². The minimum absolute atomic E-state index is 0.0878. The number of aromatic nitrogens is 2. The molecule has 1 aromatic heterocycles. The second-order valence-electron chi connectivity index (χ2n) is 6.11. The van der Waals surface area contributed by atoms with Gasteiger partial charge in [0.25, 0.3) is 11.5 Å². The van der Waals surface area contributed by atoms with Crippen molar-refractivity contribution in [3.05, 3.63) is 64.1 Å². The van der Waals surface area contributed by atoms with Crippen molar-refractivity contribution in [1.29, 1.82) is 0 Å². The van der Waals surface area contributed by atoms with E-state index in [0.29, 0.717) is 46.8 Å². The zero-order valence-electron chi connectivity index (χ0n) is 16.5. The zero-order valence-corrected chi connectivity index (χ0v) is 16.5. The number of aromatic amines is 1. The number of fused-ring (bicyclic) bond motifs is 1. The number of hydrogen-bond acceptors (Lipinski definition) is 6. The summed E-state index contributed by atoms with van der Waals surface area (Å²) in [5.74, 6) is 0.787. The number of hydrazone groups is 1. The van der Waals surface area contributed by atoms with Crippen molar-refractivity contribution in [1.82, 2.24) is 15.6 Å². The van der Waals surface area contributed by atoms with Gasteiger partial charge in [-0.05, 0) is 45.0 Å². The first-order chi connectivity index (χ1) is 14.0. The lowest BCUT2D eigenvalue weighted by Crippen LogP contribution is -2.23. The van der Waals surface area contributed by atoms with Crippen LogP contribution in [0.2, 0.25) is 0 Å². The third-order valence-electron chi connectivity index (χ3n) is 4.19. The van der Waals surface area contributed by atoms with Gasteiger partial charge < -0.3 is 9.47 Å². The molecule has 1 heterocycles. The number of benzene rings is 2. The number of nitrogens with one attached hydrogen (secondary N) is 2. The molecule has 0 saturated carbocycles. The monoisotopic (exact) mass is 394 g/mol. The summed E-state index contributed by atoms with van der Waals surface area (Å²) in [5.41, 5.74) is 3.47. The average Bonchev–Trinajstić information content (AvgIpc) is 2.73. The Kier molecular flexibility index (Phi) is 6.23. The van der Waals surface area contributed by atoms with E-state index < -0.39 is 5.91 Å². The van der Waals surface area contributed by atoms with Crippen molar-refractivity contribution >= 4 is 22.4 Å². The number of rotatable bonds is 7. The maximum absolute atomic E-state index is 12.6. The Bertz CT molecular complexity index is 1120. The van der Waals surface area contributed by atoms with Crippen molar-refractivity contribution in [3.63, 3.8) is 0 Å². The van der Waals surface area contributed by atoms with Gasteiger partial charge >= 0.3 is 0 Å². The van der Waals surface area contributed by atoms with E-state index in [1.54, 1.807) is 31.2 Å². The fraction of sp³-hybridized carbons (Fsp3) is 0.238. The average molecular weight is 394 g/mol. The van der Waals surface area contributed by atoms with Gasteiger partial charge in [0, 0.05) is 10.9 Å². The molecule has 0 aliphatic carbocycles. The van der Waals surface area contributed by atoms with E-state index >= 15 is 0 Å². The minimum Gasteiger partial charge on any atom is -0.494 e. The summed E-state index contributed by atoms with van der Waals surface area (Å²) in [7, 11) is 0. The summed E-state index contributed by atoms with van der Waals surface area (Å²) in [6, 6.07) is 12.2. The van der Waals surface area contributed by atoms with E-state index in [0.717, 1.165) is 0 Å². The molecule has 8 nitrogen and oxygen atoms in total. The Morgan fingerprint density at radius 1 is 1.10 bits per heavy atom. The van der Waals surface area contributed by atoms with Gasteiger partial charge in [0.15, 0.2) is 5.69 Å². The molecule has 2 N–H and O–H groups in total. The molecule has 3 aromatic rings. The smallest absolute Gasteiger partial charge is 0.292 e. The van der Waals surface area contributed by atoms with Gasteiger partial charge in [0.1, 0.15) is 11.5 Å². The fourth-order valence-electron chi connectivity index (χ4n) is 2.87. The molecule has 0 aliphatic heterocycles. The molecule has 0 unspecified atom stereocenters. The van der Waals surface area contributed by atoms with Crippen LogP contribution in [0.15, 0.2) is 52.4 Å². The minimum atomic E-state index is -0.532. The van der Waals surface area contributed by atoms with Crippen LogP contribution in [0.1, 0.15) is 36.8 Å². The van der Waals surface area contributed by atoms with Crippen molar-refractivity contribution in [3.8, 4) is 11.5 Å². The summed E-state index contributed by atoms with van der Waals surface area (Å²) in [4.78, 5) is 24.5. The fourth-order valence-corrected chi connectivity index (χ4v) is 2.87. The van der Waals surface area contributed by atoms with Crippen LogP contribution in [-0.2, 0) is 0 Å². The number of H-pyrrole nitrogens is 1. The Balaban J connectivity index is 1.90. The van der Waals surface area contributed by atoms with Crippen molar-refractivity contribution in [2.24, 2.45) is 5.10 Å². The molecule has 2 aromatic carbocycles. The molecule has 1 amide bonds. The molecular formula is C21H22N4O4. The molecule has 3 rings (SSSR count).